The van der Waals surface area contributed by atoms with E-state index in [1.54, 1.807) is 36.5 Å². The molecule has 0 radical (unpaired) electrons. The first kappa shape index (κ1) is 21.2. The van der Waals surface area contributed by atoms with Crippen LogP contribution in [0.4, 0.5) is 5.82 Å². The molecule has 4 rings (SSSR count). The van der Waals surface area contributed by atoms with Gasteiger partial charge in [-0.25, -0.2) is 9.97 Å². The van der Waals surface area contributed by atoms with Crippen LogP contribution in [0.2, 0.25) is 0 Å². The number of carbonyl (C=O) groups excluding carboxylic acids is 1. The molecule has 8 nitrogen and oxygen atoms in total. The summed E-state index contributed by atoms with van der Waals surface area (Å²) in [5.41, 5.74) is 10.7. The van der Waals surface area contributed by atoms with Crippen molar-refractivity contribution >= 4 is 22.8 Å². The quantitative estimate of drug-likeness (QED) is 0.532. The Hall–Kier alpha value is -3.00. The Morgan fingerprint density at radius 3 is 2.81 bits per heavy atom. The van der Waals surface area contributed by atoms with Gasteiger partial charge in [0.05, 0.1) is 24.3 Å². The summed E-state index contributed by atoms with van der Waals surface area (Å²) < 4.78 is 8.13. The molecule has 164 valence electrons. The molecule has 1 aliphatic carbocycles. The van der Waals surface area contributed by atoms with E-state index in [0.29, 0.717) is 37.7 Å². The highest BCUT2D eigenvalue weighted by Crippen LogP contribution is 2.34. The molecule has 31 heavy (non-hydrogen) atoms. The van der Waals surface area contributed by atoms with Gasteiger partial charge in [0.2, 0.25) is 0 Å². The molecule has 2 N–H and O–H groups in total. The van der Waals surface area contributed by atoms with E-state index in [1.165, 1.54) is 12.8 Å². The summed E-state index contributed by atoms with van der Waals surface area (Å²) in [7, 11) is 1.78. The van der Waals surface area contributed by atoms with Gasteiger partial charge in [0.15, 0.2) is 5.82 Å². The third kappa shape index (κ3) is 4.69. The third-order valence-electron chi connectivity index (χ3n) is 5.93. The monoisotopic (exact) mass is 422 g/mol. The number of aryl methyl sites for hydroxylation is 2. The average molecular weight is 423 g/mol. The molecule has 3 aromatic heterocycles. The molecule has 1 aliphatic rings. The molecule has 0 saturated heterocycles. The van der Waals surface area contributed by atoms with Gasteiger partial charge in [0, 0.05) is 44.6 Å². The molecule has 3 aromatic rings. The molecule has 1 saturated carbocycles. The van der Waals surface area contributed by atoms with Crippen molar-refractivity contribution in [3.63, 3.8) is 0 Å². The summed E-state index contributed by atoms with van der Waals surface area (Å²) in [4.78, 5) is 27.3. The summed E-state index contributed by atoms with van der Waals surface area (Å²) in [5, 5.41) is 0. The molecule has 1 fully saturated rings. The maximum atomic E-state index is 12.4. The van der Waals surface area contributed by atoms with E-state index in [-0.39, 0.29) is 5.91 Å². The SMILES string of the molecule is Cc1nc(N)c2nc(CC3CC3)n(CCOCCN(C)C(=O)c3cccnc3)c2c1C. The number of ether oxygens (including phenoxy) is 1. The van der Waals surface area contributed by atoms with E-state index in [9.17, 15) is 4.79 Å². The number of hydrogen-bond donors (Lipinski definition) is 1. The van der Waals surface area contributed by atoms with Gasteiger partial charge in [-0.15, -0.1) is 0 Å². The standard InChI is InChI=1S/C23H30N6O2/c1-15-16(2)26-22(24)20-21(15)29(19(27-20)13-17-6-7-17)10-12-31-11-9-28(3)23(30)18-5-4-8-25-14-18/h4-5,8,14,17H,6-7,9-13H2,1-3H3,(H2,24,26). The largest absolute Gasteiger partial charge is 0.382 e. The van der Waals surface area contributed by atoms with E-state index in [2.05, 4.69) is 21.5 Å². The van der Waals surface area contributed by atoms with Crippen LogP contribution in [0.25, 0.3) is 11.0 Å². The van der Waals surface area contributed by atoms with Crippen LogP contribution in [-0.2, 0) is 17.7 Å². The molecule has 0 aliphatic heterocycles. The predicted molar refractivity (Wildman–Crippen MR) is 120 cm³/mol. The minimum atomic E-state index is -0.0573. The lowest BCUT2D eigenvalue weighted by molar-refractivity contribution is 0.0684. The molecule has 3 heterocycles. The lowest BCUT2D eigenvalue weighted by Gasteiger charge is -2.17. The first-order valence-corrected chi connectivity index (χ1v) is 10.8. The molecule has 0 bridgehead atoms. The number of anilines is 1. The number of carbonyl (C=O) groups is 1. The zero-order chi connectivity index (χ0) is 22.0. The Labute approximate surface area is 182 Å². The number of rotatable bonds is 9. The Morgan fingerprint density at radius 2 is 2.10 bits per heavy atom. The number of nitrogens with two attached hydrogens (primary N) is 1. The second kappa shape index (κ2) is 9.01. The number of nitrogen functional groups attached to an aromatic ring is 1. The molecule has 0 unspecified atom stereocenters. The molecular weight excluding hydrogens is 392 g/mol. The van der Waals surface area contributed by atoms with Crippen molar-refractivity contribution < 1.29 is 9.53 Å². The molecule has 1 amide bonds. The zero-order valence-electron chi connectivity index (χ0n) is 18.5. The Bertz CT molecular complexity index is 1070. The highest BCUT2D eigenvalue weighted by molar-refractivity contribution is 5.93. The highest BCUT2D eigenvalue weighted by atomic mass is 16.5. The fourth-order valence-electron chi connectivity index (χ4n) is 3.79. The summed E-state index contributed by atoms with van der Waals surface area (Å²) in [6, 6.07) is 3.53. The molecular formula is C23H30N6O2. The predicted octanol–water partition coefficient (Wildman–Crippen LogP) is 2.77. The first-order chi connectivity index (χ1) is 15.0. The summed E-state index contributed by atoms with van der Waals surface area (Å²) in [5.74, 6) is 2.22. The van der Waals surface area contributed by atoms with Gasteiger partial charge in [-0.3, -0.25) is 9.78 Å². The van der Waals surface area contributed by atoms with Crippen LogP contribution in [0.15, 0.2) is 24.5 Å². The van der Waals surface area contributed by atoms with Gasteiger partial charge >= 0.3 is 0 Å². The van der Waals surface area contributed by atoms with Crippen molar-refractivity contribution in [2.75, 3.05) is 32.5 Å². The van der Waals surface area contributed by atoms with Crippen molar-refractivity contribution in [3.8, 4) is 0 Å². The maximum absolute atomic E-state index is 12.4. The van der Waals surface area contributed by atoms with E-state index in [1.807, 2.05) is 6.92 Å². The number of aromatic nitrogens is 4. The summed E-state index contributed by atoms with van der Waals surface area (Å²) >= 11 is 0. The Morgan fingerprint density at radius 1 is 1.29 bits per heavy atom. The lowest BCUT2D eigenvalue weighted by atomic mass is 10.2. The molecule has 0 aromatic carbocycles. The van der Waals surface area contributed by atoms with Crippen LogP contribution in [0.5, 0.6) is 0 Å². The normalized spacial score (nSPS) is 13.6. The topological polar surface area (TPSA) is 99.2 Å². The van der Waals surface area contributed by atoms with Crippen LogP contribution >= 0.6 is 0 Å². The number of likely N-dealkylation sites (N-methyl/N-ethyl adjacent to an activating group) is 1. The second-order valence-corrected chi connectivity index (χ2v) is 8.31. The number of amides is 1. The summed E-state index contributed by atoms with van der Waals surface area (Å²) in [6.07, 6.45) is 6.74. The summed E-state index contributed by atoms with van der Waals surface area (Å²) in [6.45, 7) is 6.27. The molecule has 0 atom stereocenters. The zero-order valence-corrected chi connectivity index (χ0v) is 18.5. The van der Waals surface area contributed by atoms with Gasteiger partial charge in [-0.1, -0.05) is 0 Å². The number of fused-ring (bicyclic) bond motifs is 1. The van der Waals surface area contributed by atoms with Crippen LogP contribution in [0, 0.1) is 19.8 Å². The van der Waals surface area contributed by atoms with Crippen LogP contribution in [0.1, 0.15) is 40.3 Å². The van der Waals surface area contributed by atoms with E-state index >= 15 is 0 Å². The smallest absolute Gasteiger partial charge is 0.255 e. The number of imidazole rings is 1. The Kier molecular flexibility index (Phi) is 6.18. The second-order valence-electron chi connectivity index (χ2n) is 8.31. The van der Waals surface area contributed by atoms with E-state index < -0.39 is 0 Å². The lowest BCUT2D eigenvalue weighted by Crippen LogP contribution is -2.30. The van der Waals surface area contributed by atoms with E-state index in [4.69, 9.17) is 15.5 Å². The van der Waals surface area contributed by atoms with Crippen molar-refractivity contribution in [1.82, 2.24) is 24.4 Å². The first-order valence-electron chi connectivity index (χ1n) is 10.8. The Balaban J connectivity index is 1.39. The van der Waals surface area contributed by atoms with Gasteiger partial charge in [0.1, 0.15) is 11.3 Å². The minimum Gasteiger partial charge on any atom is -0.382 e. The fourth-order valence-corrected chi connectivity index (χ4v) is 3.79. The van der Waals surface area contributed by atoms with Crippen molar-refractivity contribution in [2.45, 2.75) is 39.7 Å². The van der Waals surface area contributed by atoms with Crippen molar-refractivity contribution in [3.05, 3.63) is 47.2 Å². The maximum Gasteiger partial charge on any atom is 0.255 e. The van der Waals surface area contributed by atoms with Crippen LogP contribution < -0.4 is 5.73 Å². The number of pyridine rings is 2. The minimum absolute atomic E-state index is 0.0573. The number of hydrogen-bond acceptors (Lipinski definition) is 6. The van der Waals surface area contributed by atoms with Gasteiger partial charge in [-0.2, -0.15) is 0 Å². The highest BCUT2D eigenvalue weighted by Gasteiger charge is 2.26. The fraction of sp³-hybridized carbons (Fsp3) is 0.478. The third-order valence-corrected chi connectivity index (χ3v) is 5.93. The molecule has 8 heteroatoms. The van der Waals surface area contributed by atoms with Gasteiger partial charge < -0.3 is 19.9 Å². The van der Waals surface area contributed by atoms with Crippen molar-refractivity contribution in [2.24, 2.45) is 5.92 Å². The van der Waals surface area contributed by atoms with Gasteiger partial charge in [-0.05, 0) is 50.3 Å². The van der Waals surface area contributed by atoms with Crippen molar-refractivity contribution in [1.29, 1.82) is 0 Å². The van der Waals surface area contributed by atoms with Gasteiger partial charge in [0.25, 0.3) is 5.91 Å². The van der Waals surface area contributed by atoms with E-state index in [0.717, 1.165) is 40.5 Å². The van der Waals surface area contributed by atoms with Crippen LogP contribution in [0.3, 0.4) is 0 Å². The average Bonchev–Trinajstić information content (AvgIpc) is 3.51. The molecule has 0 spiro atoms. The number of nitrogens with zero attached hydrogens (tertiary/aromatic N) is 5. The van der Waals surface area contributed by atoms with Crippen LogP contribution in [-0.4, -0.2) is 57.1 Å².